The van der Waals surface area contributed by atoms with E-state index in [4.69, 9.17) is 0 Å². The van der Waals surface area contributed by atoms with Gasteiger partial charge in [-0.3, -0.25) is 14.8 Å². The molecule has 1 N–H and O–H groups in total. The monoisotopic (exact) mass is 322 g/mol. The van der Waals surface area contributed by atoms with Gasteiger partial charge in [-0.1, -0.05) is 6.07 Å². The van der Waals surface area contributed by atoms with Gasteiger partial charge in [0.25, 0.3) is 5.91 Å². The van der Waals surface area contributed by atoms with Gasteiger partial charge in [-0.05, 0) is 53.8 Å². The van der Waals surface area contributed by atoms with E-state index in [1.54, 1.807) is 24.7 Å². The third kappa shape index (κ3) is 3.87. The highest BCUT2D eigenvalue weighted by Gasteiger charge is 2.04. The Morgan fingerprint density at radius 1 is 1.17 bits per heavy atom. The van der Waals surface area contributed by atoms with E-state index in [2.05, 4.69) is 20.5 Å². The van der Waals surface area contributed by atoms with Crippen molar-refractivity contribution < 1.29 is 4.79 Å². The van der Waals surface area contributed by atoms with Gasteiger partial charge in [0.15, 0.2) is 0 Å². The van der Waals surface area contributed by atoms with E-state index in [1.165, 1.54) is 11.3 Å². The lowest BCUT2D eigenvalue weighted by molar-refractivity contribution is 0.0959. The van der Waals surface area contributed by atoms with Crippen LogP contribution in [-0.2, 0) is 0 Å². The number of amides is 1. The van der Waals surface area contributed by atoms with Crippen molar-refractivity contribution in [3.05, 3.63) is 70.2 Å². The molecule has 23 heavy (non-hydrogen) atoms. The van der Waals surface area contributed by atoms with Crippen molar-refractivity contribution in [3.63, 3.8) is 0 Å². The highest BCUT2D eigenvalue weighted by atomic mass is 32.1. The van der Waals surface area contributed by atoms with Gasteiger partial charge in [0.1, 0.15) is 0 Å². The van der Waals surface area contributed by atoms with Crippen molar-refractivity contribution in [1.29, 1.82) is 0 Å². The first-order chi connectivity index (χ1) is 11.2. The number of carbonyl (C=O) groups excluding carboxylic acids is 1. The maximum Gasteiger partial charge on any atom is 0.281 e. The van der Waals surface area contributed by atoms with Crippen LogP contribution >= 0.6 is 11.3 Å². The fraction of sp³-hybridized carbons (Fsp3) is 0.0588. The fourth-order valence-electron chi connectivity index (χ4n) is 1.97. The molecule has 6 heteroatoms. The Bertz CT molecular complexity index is 843. The molecular weight excluding hydrogens is 308 g/mol. The molecule has 3 aromatic heterocycles. The summed E-state index contributed by atoms with van der Waals surface area (Å²) in [5, 5.41) is 5.83. The van der Waals surface area contributed by atoms with E-state index in [-0.39, 0.29) is 5.91 Å². The highest BCUT2D eigenvalue weighted by Crippen LogP contribution is 2.15. The molecule has 0 aliphatic carbocycles. The number of rotatable bonds is 4. The van der Waals surface area contributed by atoms with Crippen LogP contribution in [0.3, 0.4) is 0 Å². The molecule has 0 aromatic carbocycles. The molecule has 0 bridgehead atoms. The van der Waals surface area contributed by atoms with Gasteiger partial charge in [-0.2, -0.15) is 5.10 Å². The summed E-state index contributed by atoms with van der Waals surface area (Å²) >= 11 is 1.37. The first kappa shape index (κ1) is 15.1. The molecule has 0 fully saturated rings. The van der Waals surface area contributed by atoms with Crippen LogP contribution in [0.4, 0.5) is 0 Å². The molecule has 114 valence electrons. The summed E-state index contributed by atoms with van der Waals surface area (Å²) in [4.78, 5) is 21.1. The van der Waals surface area contributed by atoms with Gasteiger partial charge >= 0.3 is 0 Å². The zero-order chi connectivity index (χ0) is 16.1. The lowest BCUT2D eigenvalue weighted by Gasteiger charge is -2.02. The standard InChI is InChI=1S/C17H14N4OS/c1-12-4-6-18-14(9-12)15-10-13(5-7-19-15)11-20-21-17(22)16-3-2-8-23-16/h2-11H,1H3,(H,21,22)/b20-11+. The van der Waals surface area contributed by atoms with Gasteiger partial charge in [0.05, 0.1) is 22.5 Å². The van der Waals surface area contributed by atoms with Crippen molar-refractivity contribution in [2.45, 2.75) is 6.92 Å². The average molecular weight is 322 g/mol. The normalized spacial score (nSPS) is 10.8. The number of pyridine rings is 2. The summed E-state index contributed by atoms with van der Waals surface area (Å²) in [6, 6.07) is 11.2. The van der Waals surface area contributed by atoms with Crippen LogP contribution in [0.15, 0.2) is 59.3 Å². The number of nitrogens with zero attached hydrogens (tertiary/aromatic N) is 3. The molecular formula is C17H14N4OS. The van der Waals surface area contributed by atoms with Crippen LogP contribution in [0.5, 0.6) is 0 Å². The minimum atomic E-state index is -0.217. The molecule has 0 unspecified atom stereocenters. The Morgan fingerprint density at radius 2 is 1.96 bits per heavy atom. The molecule has 0 spiro atoms. The number of hydrogen-bond acceptors (Lipinski definition) is 5. The van der Waals surface area contributed by atoms with Crippen molar-refractivity contribution >= 4 is 23.5 Å². The first-order valence-corrected chi connectivity index (χ1v) is 7.86. The smallest absolute Gasteiger partial charge is 0.266 e. The molecule has 0 saturated heterocycles. The molecule has 0 atom stereocenters. The summed E-state index contributed by atoms with van der Waals surface area (Å²) in [6.07, 6.45) is 5.04. The predicted molar refractivity (Wildman–Crippen MR) is 91.6 cm³/mol. The van der Waals surface area contributed by atoms with E-state index >= 15 is 0 Å². The number of thiophene rings is 1. The van der Waals surface area contributed by atoms with Gasteiger partial charge in [-0.15, -0.1) is 11.3 Å². The highest BCUT2D eigenvalue weighted by molar-refractivity contribution is 7.12. The first-order valence-electron chi connectivity index (χ1n) is 6.98. The Kier molecular flexibility index (Phi) is 4.54. The Morgan fingerprint density at radius 3 is 2.70 bits per heavy atom. The van der Waals surface area contributed by atoms with Crippen molar-refractivity contribution in [3.8, 4) is 11.4 Å². The van der Waals surface area contributed by atoms with Crippen molar-refractivity contribution in [1.82, 2.24) is 15.4 Å². The van der Waals surface area contributed by atoms with E-state index in [9.17, 15) is 4.79 Å². The van der Waals surface area contributed by atoms with E-state index in [0.717, 1.165) is 22.5 Å². The lowest BCUT2D eigenvalue weighted by atomic mass is 10.1. The summed E-state index contributed by atoms with van der Waals surface area (Å²) in [6.45, 7) is 2.01. The number of carbonyl (C=O) groups is 1. The van der Waals surface area contributed by atoms with Crippen LogP contribution in [-0.4, -0.2) is 22.1 Å². The average Bonchev–Trinajstić information content (AvgIpc) is 3.10. The topological polar surface area (TPSA) is 67.2 Å². The predicted octanol–water partition coefficient (Wildman–Crippen LogP) is 3.28. The Labute approximate surface area is 137 Å². The molecule has 0 aliphatic heterocycles. The fourth-order valence-corrected chi connectivity index (χ4v) is 2.59. The lowest BCUT2D eigenvalue weighted by Crippen LogP contribution is -2.16. The molecule has 3 heterocycles. The van der Waals surface area contributed by atoms with Crippen LogP contribution in [0.25, 0.3) is 11.4 Å². The largest absolute Gasteiger partial charge is 0.281 e. The minimum Gasteiger partial charge on any atom is -0.266 e. The molecule has 1 amide bonds. The maximum absolute atomic E-state index is 11.8. The number of hydrazone groups is 1. The maximum atomic E-state index is 11.8. The zero-order valence-corrected chi connectivity index (χ0v) is 13.2. The quantitative estimate of drug-likeness (QED) is 0.592. The molecule has 3 rings (SSSR count). The van der Waals surface area contributed by atoms with Gasteiger partial charge < -0.3 is 0 Å². The SMILES string of the molecule is Cc1ccnc(-c2cc(/C=N/NC(=O)c3cccs3)ccn2)c1. The number of nitrogens with one attached hydrogen (secondary N) is 1. The van der Waals surface area contributed by atoms with E-state index < -0.39 is 0 Å². The van der Waals surface area contributed by atoms with Crippen molar-refractivity contribution in [2.75, 3.05) is 0 Å². The molecule has 0 saturated carbocycles. The summed E-state index contributed by atoms with van der Waals surface area (Å²) < 4.78 is 0. The van der Waals surface area contributed by atoms with Crippen LogP contribution in [0.2, 0.25) is 0 Å². The number of aryl methyl sites for hydroxylation is 1. The number of hydrogen-bond donors (Lipinski definition) is 1. The summed E-state index contributed by atoms with van der Waals surface area (Å²) in [5.41, 5.74) is 6.04. The Hall–Kier alpha value is -2.86. The third-order valence-corrected chi connectivity index (χ3v) is 3.96. The molecule has 3 aromatic rings. The summed E-state index contributed by atoms with van der Waals surface area (Å²) in [7, 11) is 0. The Balaban J connectivity index is 1.73. The van der Waals surface area contributed by atoms with Gasteiger partial charge in [0.2, 0.25) is 0 Å². The second kappa shape index (κ2) is 6.93. The second-order valence-corrected chi connectivity index (χ2v) is 5.82. The van der Waals surface area contributed by atoms with Crippen molar-refractivity contribution in [2.24, 2.45) is 5.10 Å². The molecule has 0 aliphatic rings. The third-order valence-electron chi connectivity index (χ3n) is 3.09. The second-order valence-electron chi connectivity index (χ2n) is 4.87. The number of aromatic nitrogens is 2. The van der Waals surface area contributed by atoms with Crippen LogP contribution in [0, 0.1) is 6.92 Å². The summed E-state index contributed by atoms with van der Waals surface area (Å²) in [5.74, 6) is -0.217. The van der Waals surface area contributed by atoms with Gasteiger partial charge in [0, 0.05) is 12.4 Å². The van der Waals surface area contributed by atoms with Crippen LogP contribution < -0.4 is 5.43 Å². The zero-order valence-electron chi connectivity index (χ0n) is 12.4. The van der Waals surface area contributed by atoms with Gasteiger partial charge in [-0.25, -0.2) is 5.43 Å². The minimum absolute atomic E-state index is 0.217. The van der Waals surface area contributed by atoms with Crippen LogP contribution in [0.1, 0.15) is 20.8 Å². The van der Waals surface area contributed by atoms with E-state index in [1.807, 2.05) is 42.6 Å². The van der Waals surface area contributed by atoms with E-state index in [0.29, 0.717) is 4.88 Å². The molecule has 0 radical (unpaired) electrons. The molecule has 5 nitrogen and oxygen atoms in total.